The van der Waals surface area contributed by atoms with Crippen molar-refractivity contribution in [2.45, 2.75) is 95.7 Å². The molecule has 2 saturated carbocycles. The van der Waals surface area contributed by atoms with Gasteiger partial charge in [0.25, 0.3) is 11.8 Å². The predicted molar refractivity (Wildman–Crippen MR) is 154 cm³/mol. The van der Waals surface area contributed by atoms with E-state index in [2.05, 4.69) is 15.0 Å². The molecular weight excluding hydrogens is 530 g/mol. The first kappa shape index (κ1) is 28.2. The number of benzene rings is 1. The summed E-state index contributed by atoms with van der Waals surface area (Å²) in [6.07, 6.45) is 10.3. The zero-order valence-electron chi connectivity index (χ0n) is 23.1. The first-order chi connectivity index (χ1) is 19.5. The molecule has 2 fully saturated rings. The van der Waals surface area contributed by atoms with E-state index >= 15 is 0 Å². The third-order valence-corrected chi connectivity index (χ3v) is 8.83. The lowest BCUT2D eigenvalue weighted by molar-refractivity contribution is -0.123. The fourth-order valence-corrected chi connectivity index (χ4v) is 6.60. The maximum absolute atomic E-state index is 14.3. The number of rotatable bonds is 9. The summed E-state index contributed by atoms with van der Waals surface area (Å²) in [7, 11) is 0. The summed E-state index contributed by atoms with van der Waals surface area (Å²) in [6.45, 7) is 2.82. The number of anilines is 2. The van der Waals surface area contributed by atoms with Crippen LogP contribution in [0.4, 0.5) is 11.4 Å². The topological polar surface area (TPSA) is 136 Å². The monoisotopic (exact) mass is 569 g/mol. The minimum atomic E-state index is -0.776. The highest BCUT2D eigenvalue weighted by Crippen LogP contribution is 2.37. The van der Waals surface area contributed by atoms with E-state index in [0.29, 0.717) is 43.2 Å². The molecule has 40 heavy (non-hydrogen) atoms. The Morgan fingerprint density at radius 2 is 1.65 bits per heavy atom. The Labute approximate surface area is 239 Å². The second-order valence-electron chi connectivity index (χ2n) is 10.9. The van der Waals surface area contributed by atoms with Crippen LogP contribution >= 0.6 is 11.5 Å². The smallest absolute Gasteiger partial charge is 0.273 e. The number of carbonyl (C=O) groups is 3. The molecule has 4 N–H and O–H groups in total. The van der Waals surface area contributed by atoms with Crippen LogP contribution in [0.2, 0.25) is 0 Å². The molecule has 0 radical (unpaired) electrons. The molecule has 0 saturated heterocycles. The number of nitrogens with one attached hydrogen (secondary N) is 2. The van der Waals surface area contributed by atoms with E-state index in [4.69, 9.17) is 15.2 Å². The van der Waals surface area contributed by atoms with Gasteiger partial charge in [-0.2, -0.15) is 4.37 Å². The van der Waals surface area contributed by atoms with Gasteiger partial charge in [-0.15, -0.1) is 0 Å². The summed E-state index contributed by atoms with van der Waals surface area (Å²) in [5, 5.41) is 6.20. The lowest BCUT2D eigenvalue weighted by Gasteiger charge is -2.32. The van der Waals surface area contributed by atoms with Crippen LogP contribution in [-0.4, -0.2) is 53.4 Å². The van der Waals surface area contributed by atoms with Crippen LogP contribution in [0.25, 0.3) is 0 Å². The molecule has 2 aromatic rings. The number of ether oxygens (including phenoxy) is 2. The number of nitrogens with zero attached hydrogens (tertiary/aromatic N) is 2. The van der Waals surface area contributed by atoms with Gasteiger partial charge in [0.2, 0.25) is 5.91 Å². The Morgan fingerprint density at radius 1 is 1.00 bits per heavy atom. The Balaban J connectivity index is 1.46. The van der Waals surface area contributed by atoms with Crippen LogP contribution in [0.15, 0.2) is 18.2 Å². The molecule has 1 atom stereocenters. The Kier molecular flexibility index (Phi) is 9.08. The first-order valence-electron chi connectivity index (χ1n) is 14.6. The van der Waals surface area contributed by atoms with Crippen molar-refractivity contribution in [1.29, 1.82) is 0 Å². The van der Waals surface area contributed by atoms with E-state index in [1.54, 1.807) is 18.2 Å². The van der Waals surface area contributed by atoms with Crippen LogP contribution in [0.1, 0.15) is 97.7 Å². The average molecular weight is 570 g/mol. The van der Waals surface area contributed by atoms with E-state index in [1.165, 1.54) is 11.3 Å². The van der Waals surface area contributed by atoms with Crippen molar-refractivity contribution in [3.63, 3.8) is 0 Å². The lowest BCUT2D eigenvalue weighted by atomic mass is 9.95. The molecule has 0 unspecified atom stereocenters. The standard InChI is InChI=1S/C29H39N5O5S/c1-2-8-21(27(35)31-18-11-6-7-12-18)34(20-13-14-22-23(17-20)39-16-15-38-22)29(37)26-24(30)25(33-40-26)28(36)32-19-9-4-3-5-10-19/h13-14,17-19,21H,2-12,15-16,30H2,1H3,(H,31,35)(H,32,36)/t21-/m1/s1. The molecule has 1 aromatic heterocycles. The zero-order chi connectivity index (χ0) is 28.1. The summed E-state index contributed by atoms with van der Waals surface area (Å²) < 4.78 is 15.8. The Hall–Kier alpha value is -3.34. The van der Waals surface area contributed by atoms with Gasteiger partial charge in [0.1, 0.15) is 24.1 Å². The molecule has 2 heterocycles. The summed E-state index contributed by atoms with van der Waals surface area (Å²) in [5.41, 5.74) is 7.01. The minimum absolute atomic E-state index is 0.0392. The van der Waals surface area contributed by atoms with Gasteiger partial charge >= 0.3 is 0 Å². The fraction of sp³-hybridized carbons (Fsp3) is 0.586. The molecule has 11 heteroatoms. The van der Waals surface area contributed by atoms with Crippen molar-refractivity contribution < 1.29 is 23.9 Å². The quantitative estimate of drug-likeness (QED) is 0.406. The van der Waals surface area contributed by atoms with Gasteiger partial charge in [-0.05, 0) is 55.8 Å². The molecule has 0 spiro atoms. The maximum atomic E-state index is 14.3. The molecule has 2 aliphatic carbocycles. The zero-order valence-corrected chi connectivity index (χ0v) is 23.9. The van der Waals surface area contributed by atoms with Crippen molar-refractivity contribution >= 4 is 40.6 Å². The van der Waals surface area contributed by atoms with Gasteiger partial charge in [0, 0.05) is 23.8 Å². The van der Waals surface area contributed by atoms with E-state index in [-0.39, 0.29) is 40.2 Å². The number of amides is 3. The molecular formula is C29H39N5O5S. The minimum Gasteiger partial charge on any atom is -0.486 e. The Bertz CT molecular complexity index is 1220. The fourth-order valence-electron chi connectivity index (χ4n) is 5.86. The highest BCUT2D eigenvalue weighted by molar-refractivity contribution is 7.09. The van der Waals surface area contributed by atoms with Crippen molar-refractivity contribution in [2.75, 3.05) is 23.8 Å². The van der Waals surface area contributed by atoms with Crippen molar-refractivity contribution in [1.82, 2.24) is 15.0 Å². The van der Waals surface area contributed by atoms with Crippen LogP contribution in [0, 0.1) is 0 Å². The first-order valence-corrected chi connectivity index (χ1v) is 15.3. The third kappa shape index (κ3) is 6.19. The van der Waals surface area contributed by atoms with Gasteiger partial charge in [-0.1, -0.05) is 45.4 Å². The summed E-state index contributed by atoms with van der Waals surface area (Å²) >= 11 is 0.892. The van der Waals surface area contributed by atoms with E-state index in [0.717, 1.165) is 62.9 Å². The van der Waals surface area contributed by atoms with Gasteiger partial charge in [0.05, 0.1) is 5.69 Å². The van der Waals surface area contributed by atoms with Crippen molar-refractivity contribution in [2.24, 2.45) is 0 Å². The molecule has 3 amide bonds. The molecule has 0 bridgehead atoms. The Morgan fingerprint density at radius 3 is 2.35 bits per heavy atom. The third-order valence-electron chi connectivity index (χ3n) is 7.98. The molecule has 1 aliphatic heterocycles. The molecule has 5 rings (SSSR count). The number of hydrogen-bond donors (Lipinski definition) is 3. The molecule has 10 nitrogen and oxygen atoms in total. The number of hydrogen-bond acceptors (Lipinski definition) is 8. The largest absolute Gasteiger partial charge is 0.486 e. The average Bonchev–Trinajstić information content (AvgIpc) is 3.62. The van der Waals surface area contributed by atoms with E-state index in [9.17, 15) is 14.4 Å². The van der Waals surface area contributed by atoms with Gasteiger partial charge in [0.15, 0.2) is 17.2 Å². The highest BCUT2D eigenvalue weighted by Gasteiger charge is 2.36. The summed E-state index contributed by atoms with van der Waals surface area (Å²) in [4.78, 5) is 42.6. The van der Waals surface area contributed by atoms with Gasteiger partial charge < -0.3 is 25.8 Å². The summed E-state index contributed by atoms with van der Waals surface area (Å²) in [5.74, 6) is 0.0649. The number of nitrogen functional groups attached to an aromatic ring is 1. The summed E-state index contributed by atoms with van der Waals surface area (Å²) in [6, 6.07) is 4.65. The molecule has 3 aliphatic rings. The SMILES string of the molecule is CCC[C@H](C(=O)NC1CCCC1)N(C(=O)c1snc(C(=O)NC2CCCCC2)c1N)c1ccc2c(c1)OCCO2. The van der Waals surface area contributed by atoms with Gasteiger partial charge in [-0.25, -0.2) is 0 Å². The number of fused-ring (bicyclic) bond motifs is 1. The maximum Gasteiger partial charge on any atom is 0.273 e. The highest BCUT2D eigenvalue weighted by atomic mass is 32.1. The van der Waals surface area contributed by atoms with Crippen LogP contribution in [-0.2, 0) is 4.79 Å². The van der Waals surface area contributed by atoms with Crippen LogP contribution in [0.5, 0.6) is 11.5 Å². The van der Waals surface area contributed by atoms with E-state index in [1.807, 2.05) is 6.92 Å². The lowest BCUT2D eigenvalue weighted by Crippen LogP contribution is -2.51. The molecule has 1 aromatic carbocycles. The normalized spacial score (nSPS) is 18.2. The predicted octanol–water partition coefficient (Wildman–Crippen LogP) is 4.43. The van der Waals surface area contributed by atoms with Crippen LogP contribution < -0.4 is 30.7 Å². The van der Waals surface area contributed by atoms with Crippen molar-refractivity contribution in [3.05, 3.63) is 28.8 Å². The van der Waals surface area contributed by atoms with E-state index < -0.39 is 11.9 Å². The van der Waals surface area contributed by atoms with Gasteiger partial charge in [-0.3, -0.25) is 19.3 Å². The molecule has 216 valence electrons. The second-order valence-corrected chi connectivity index (χ2v) is 11.7. The number of nitrogens with two attached hydrogens (primary N) is 1. The van der Waals surface area contributed by atoms with Crippen molar-refractivity contribution in [3.8, 4) is 11.5 Å². The van der Waals surface area contributed by atoms with Crippen LogP contribution in [0.3, 0.4) is 0 Å². The second kappa shape index (κ2) is 12.9. The number of carbonyl (C=O) groups excluding carboxylic acids is 3. The number of aromatic nitrogens is 1.